The second-order valence-electron chi connectivity index (χ2n) is 9.01. The largest absolute Gasteiger partial charge is 0.465 e. The Labute approximate surface area is 171 Å². The smallest absolute Gasteiger partial charge is 0.340 e. The molecule has 4 rings (SSSR count). The summed E-state index contributed by atoms with van der Waals surface area (Å²) in [5, 5.41) is 0.781. The van der Waals surface area contributed by atoms with Crippen LogP contribution >= 0.6 is 0 Å². The van der Waals surface area contributed by atoms with Crippen molar-refractivity contribution in [2.24, 2.45) is 17.8 Å². The molecule has 0 aromatic heterocycles. The van der Waals surface area contributed by atoms with Crippen molar-refractivity contribution in [3.05, 3.63) is 47.0 Å². The van der Waals surface area contributed by atoms with Crippen molar-refractivity contribution in [3.8, 4) is 0 Å². The molecule has 156 valence electrons. The molecule has 4 heteroatoms. The average molecular weight is 401 g/mol. The fraction of sp³-hybridized carbons (Fsp3) is 0.560. The number of hydrogen-bond donors (Lipinski definition) is 0. The SMILES string of the molecule is CCCC1CC[C@@H]2CC(c3ccc4cc(C(=O)OC)c(F)cc4c3F)CC[C@H]2C1. The number of carbonyl (C=O) groups is 1. The maximum Gasteiger partial charge on any atom is 0.340 e. The first kappa shape index (κ1) is 20.3. The molecule has 0 aliphatic heterocycles. The van der Waals surface area contributed by atoms with Crippen LogP contribution in [0.4, 0.5) is 8.78 Å². The molecule has 2 unspecified atom stereocenters. The first-order chi connectivity index (χ1) is 14.0. The van der Waals surface area contributed by atoms with Gasteiger partial charge in [-0.05, 0) is 78.9 Å². The predicted octanol–water partition coefficient (Wildman–Crippen LogP) is 7.00. The van der Waals surface area contributed by atoms with Gasteiger partial charge in [-0.3, -0.25) is 0 Å². The highest BCUT2D eigenvalue weighted by Crippen LogP contribution is 2.49. The lowest BCUT2D eigenvalue weighted by atomic mass is 9.63. The molecule has 0 spiro atoms. The Kier molecular flexibility index (Phi) is 5.89. The molecule has 2 saturated carbocycles. The molecule has 29 heavy (non-hydrogen) atoms. The third-order valence-electron chi connectivity index (χ3n) is 7.34. The van der Waals surface area contributed by atoms with Gasteiger partial charge in [0, 0.05) is 5.39 Å². The molecule has 2 aromatic carbocycles. The van der Waals surface area contributed by atoms with E-state index in [0.717, 1.165) is 30.7 Å². The second-order valence-corrected chi connectivity index (χ2v) is 9.01. The van der Waals surface area contributed by atoms with Crippen LogP contribution in [0.3, 0.4) is 0 Å². The Morgan fingerprint density at radius 3 is 2.59 bits per heavy atom. The minimum atomic E-state index is -0.745. The van der Waals surface area contributed by atoms with Gasteiger partial charge >= 0.3 is 5.97 Å². The van der Waals surface area contributed by atoms with Crippen LogP contribution in [0.1, 0.15) is 80.1 Å². The minimum absolute atomic E-state index is 0.156. The summed E-state index contributed by atoms with van der Waals surface area (Å²) in [5.74, 6) is 0.745. The van der Waals surface area contributed by atoms with E-state index < -0.39 is 11.8 Å². The van der Waals surface area contributed by atoms with Crippen molar-refractivity contribution in [3.63, 3.8) is 0 Å². The quantitative estimate of drug-likeness (QED) is 0.516. The van der Waals surface area contributed by atoms with Crippen molar-refractivity contribution >= 4 is 16.7 Å². The van der Waals surface area contributed by atoms with Gasteiger partial charge < -0.3 is 4.74 Å². The summed E-state index contributed by atoms with van der Waals surface area (Å²) in [4.78, 5) is 11.7. The molecule has 0 N–H and O–H groups in total. The maximum absolute atomic E-state index is 15.4. The molecule has 0 radical (unpaired) electrons. The van der Waals surface area contributed by atoms with E-state index in [4.69, 9.17) is 0 Å². The van der Waals surface area contributed by atoms with Crippen LogP contribution in [0.2, 0.25) is 0 Å². The van der Waals surface area contributed by atoms with Crippen molar-refractivity contribution in [2.75, 3.05) is 7.11 Å². The summed E-state index contributed by atoms with van der Waals surface area (Å²) in [7, 11) is 1.21. The van der Waals surface area contributed by atoms with Crippen LogP contribution < -0.4 is 0 Å². The highest BCUT2D eigenvalue weighted by Gasteiger charge is 2.36. The van der Waals surface area contributed by atoms with Gasteiger partial charge in [0.2, 0.25) is 0 Å². The molecule has 2 nitrogen and oxygen atoms in total. The third kappa shape index (κ3) is 3.91. The summed E-state index contributed by atoms with van der Waals surface area (Å²) < 4.78 is 34.3. The van der Waals surface area contributed by atoms with Gasteiger partial charge in [-0.2, -0.15) is 0 Å². The topological polar surface area (TPSA) is 26.3 Å². The number of esters is 1. The van der Waals surface area contributed by atoms with Crippen LogP contribution in [-0.4, -0.2) is 13.1 Å². The number of hydrogen-bond acceptors (Lipinski definition) is 2. The summed E-state index contributed by atoms with van der Waals surface area (Å²) in [5.41, 5.74) is 0.549. The number of methoxy groups -OCH3 is 1. The first-order valence-electron chi connectivity index (χ1n) is 11.0. The molecule has 0 amide bonds. The minimum Gasteiger partial charge on any atom is -0.465 e. The van der Waals surface area contributed by atoms with Crippen molar-refractivity contribution < 1.29 is 18.3 Å². The van der Waals surface area contributed by atoms with Gasteiger partial charge in [-0.25, -0.2) is 13.6 Å². The molecule has 2 fully saturated rings. The zero-order chi connectivity index (χ0) is 20.5. The summed E-state index contributed by atoms with van der Waals surface area (Å²) in [6.45, 7) is 2.27. The highest BCUT2D eigenvalue weighted by atomic mass is 19.1. The van der Waals surface area contributed by atoms with Gasteiger partial charge in [0.25, 0.3) is 0 Å². The van der Waals surface area contributed by atoms with Crippen molar-refractivity contribution in [1.29, 1.82) is 0 Å². The number of halogens is 2. The lowest BCUT2D eigenvalue weighted by molar-refractivity contribution is 0.0595. The number of benzene rings is 2. The normalized spacial score (nSPS) is 26.9. The maximum atomic E-state index is 15.4. The molecular weight excluding hydrogens is 370 g/mol. The monoisotopic (exact) mass is 400 g/mol. The molecule has 0 heterocycles. The van der Waals surface area contributed by atoms with Gasteiger partial charge in [-0.15, -0.1) is 0 Å². The zero-order valence-electron chi connectivity index (χ0n) is 17.3. The fourth-order valence-corrected chi connectivity index (χ4v) is 5.85. The highest BCUT2D eigenvalue weighted by molar-refractivity contribution is 5.96. The summed E-state index contributed by atoms with van der Waals surface area (Å²) >= 11 is 0. The van der Waals surface area contributed by atoms with E-state index in [-0.39, 0.29) is 22.7 Å². The van der Waals surface area contributed by atoms with Crippen LogP contribution in [0, 0.1) is 29.4 Å². The Morgan fingerprint density at radius 1 is 1.07 bits per heavy atom. The Morgan fingerprint density at radius 2 is 1.83 bits per heavy atom. The Hall–Kier alpha value is -1.97. The van der Waals surface area contributed by atoms with Crippen molar-refractivity contribution in [2.45, 2.75) is 64.2 Å². The molecule has 2 aliphatic carbocycles. The van der Waals surface area contributed by atoms with E-state index in [9.17, 15) is 9.18 Å². The lowest BCUT2D eigenvalue weighted by Gasteiger charge is -2.42. The van der Waals surface area contributed by atoms with Gasteiger partial charge in [0.05, 0.1) is 12.7 Å². The van der Waals surface area contributed by atoms with Gasteiger partial charge in [0.15, 0.2) is 0 Å². The standard InChI is InChI=1S/C25H30F2O2/c1-3-4-15-5-6-17-12-18(8-7-16(17)11-15)20-10-9-19-13-22(25(28)29-2)23(26)14-21(19)24(20)27/h9-10,13-18H,3-8,11-12H2,1-2H3/t15?,16-,17+,18?/m0/s1. The zero-order valence-corrected chi connectivity index (χ0v) is 17.3. The Balaban J connectivity index is 1.57. The van der Waals surface area contributed by atoms with E-state index in [0.29, 0.717) is 16.9 Å². The van der Waals surface area contributed by atoms with Gasteiger partial charge in [-0.1, -0.05) is 38.3 Å². The molecular formula is C25H30F2O2. The average Bonchev–Trinajstić information content (AvgIpc) is 2.73. The summed E-state index contributed by atoms with van der Waals surface area (Å²) in [6.07, 6.45) is 9.73. The number of rotatable bonds is 4. The number of fused-ring (bicyclic) bond motifs is 2. The van der Waals surface area contributed by atoms with Crippen LogP contribution in [0.25, 0.3) is 10.8 Å². The number of carbonyl (C=O) groups excluding carboxylic acids is 1. The molecule has 2 aliphatic rings. The third-order valence-corrected chi connectivity index (χ3v) is 7.34. The van der Waals surface area contributed by atoms with E-state index in [1.54, 1.807) is 0 Å². The number of ether oxygens (including phenoxy) is 1. The fourth-order valence-electron chi connectivity index (χ4n) is 5.85. The molecule has 0 bridgehead atoms. The van der Waals surface area contributed by atoms with Crippen LogP contribution in [-0.2, 0) is 4.74 Å². The predicted molar refractivity (Wildman–Crippen MR) is 111 cm³/mol. The van der Waals surface area contributed by atoms with E-state index >= 15 is 4.39 Å². The first-order valence-corrected chi connectivity index (χ1v) is 11.0. The van der Waals surface area contributed by atoms with Crippen molar-refractivity contribution in [1.82, 2.24) is 0 Å². The van der Waals surface area contributed by atoms with E-state index in [2.05, 4.69) is 11.7 Å². The molecule has 4 atom stereocenters. The second kappa shape index (κ2) is 8.41. The molecule has 0 saturated heterocycles. The van der Waals surface area contributed by atoms with Gasteiger partial charge in [0.1, 0.15) is 11.6 Å². The van der Waals surface area contributed by atoms with E-state index in [1.165, 1.54) is 51.7 Å². The van der Waals surface area contributed by atoms with Crippen LogP contribution in [0.5, 0.6) is 0 Å². The Bertz CT molecular complexity index is 907. The lowest BCUT2D eigenvalue weighted by Crippen LogP contribution is -2.30. The van der Waals surface area contributed by atoms with Crippen LogP contribution in [0.15, 0.2) is 24.3 Å². The van der Waals surface area contributed by atoms with E-state index in [1.807, 2.05) is 12.1 Å². The molecule has 2 aromatic rings. The summed E-state index contributed by atoms with van der Waals surface area (Å²) in [6, 6.07) is 6.17.